The maximum atomic E-state index is 12.0. The summed E-state index contributed by atoms with van der Waals surface area (Å²) in [5.41, 5.74) is 3.77. The molecular formula is C6H11FN2O4. The van der Waals surface area contributed by atoms with Crippen LogP contribution in [-0.4, -0.2) is 32.1 Å². The Kier molecular flexibility index (Phi) is 6.52. The Bertz CT molecular complexity index is 165. The van der Waals surface area contributed by atoms with Gasteiger partial charge in [-0.15, -0.1) is 0 Å². The van der Waals surface area contributed by atoms with Crippen LogP contribution in [-0.2, 0) is 14.3 Å². The van der Waals surface area contributed by atoms with Gasteiger partial charge in [0.05, 0.1) is 6.61 Å². The lowest BCUT2D eigenvalue weighted by atomic mass is 10.7. The molecule has 0 radical (unpaired) electrons. The summed E-state index contributed by atoms with van der Waals surface area (Å²) in [5.74, 6) is 0. The normalized spacial score (nSPS) is 11.5. The molecule has 76 valence electrons. The number of halogens is 1. The number of carbonyl (C=O) groups excluding carboxylic acids is 2. The van der Waals surface area contributed by atoms with Gasteiger partial charge in [-0.1, -0.05) is 0 Å². The van der Waals surface area contributed by atoms with Crippen molar-refractivity contribution in [3.63, 3.8) is 0 Å². The summed E-state index contributed by atoms with van der Waals surface area (Å²) in [6, 6.07) is 0. The smallest absolute Gasteiger partial charge is 0.426 e. The van der Waals surface area contributed by atoms with Crippen molar-refractivity contribution in [2.75, 3.05) is 13.2 Å². The van der Waals surface area contributed by atoms with Crippen LogP contribution in [0.3, 0.4) is 0 Å². The minimum Gasteiger partial charge on any atom is -0.446 e. The number of carbonyl (C=O) groups is 2. The molecule has 0 saturated heterocycles. The van der Waals surface area contributed by atoms with Gasteiger partial charge in [0.25, 0.3) is 0 Å². The van der Waals surface area contributed by atoms with Crippen molar-refractivity contribution in [3.05, 3.63) is 0 Å². The largest absolute Gasteiger partial charge is 0.446 e. The van der Waals surface area contributed by atoms with Gasteiger partial charge in [-0.25, -0.2) is 14.6 Å². The molecule has 0 aromatic rings. The second-order valence-electron chi connectivity index (χ2n) is 1.94. The molecule has 0 saturated carbocycles. The van der Waals surface area contributed by atoms with E-state index in [4.69, 9.17) is 0 Å². The summed E-state index contributed by atoms with van der Waals surface area (Å²) in [5, 5.41) is 0. The molecule has 0 heterocycles. The molecule has 0 fully saturated rings. The van der Waals surface area contributed by atoms with Crippen LogP contribution < -0.4 is 10.9 Å². The number of amides is 2. The first kappa shape index (κ1) is 11.6. The zero-order valence-corrected chi connectivity index (χ0v) is 7.08. The van der Waals surface area contributed by atoms with Gasteiger partial charge >= 0.3 is 6.09 Å². The molecule has 0 aliphatic rings. The fourth-order valence-electron chi connectivity index (χ4n) is 0.469. The van der Waals surface area contributed by atoms with Crippen LogP contribution in [0.15, 0.2) is 0 Å². The number of hydrazine groups is 1. The zero-order valence-electron chi connectivity index (χ0n) is 7.08. The molecule has 0 aromatic heterocycles. The number of nitrogens with one attached hydrogen (secondary N) is 2. The van der Waals surface area contributed by atoms with Crippen molar-refractivity contribution in [3.8, 4) is 0 Å². The summed E-state index contributed by atoms with van der Waals surface area (Å²) in [6.45, 7) is 1.10. The predicted molar refractivity (Wildman–Crippen MR) is 40.2 cm³/mol. The van der Waals surface area contributed by atoms with Crippen molar-refractivity contribution in [2.24, 2.45) is 0 Å². The van der Waals surface area contributed by atoms with Crippen LogP contribution in [0.1, 0.15) is 6.92 Å². The highest BCUT2D eigenvalue weighted by molar-refractivity contribution is 5.68. The topological polar surface area (TPSA) is 76.7 Å². The van der Waals surface area contributed by atoms with Gasteiger partial charge in [0.15, 0.2) is 6.36 Å². The number of hydrogen-bond donors (Lipinski definition) is 2. The minimum absolute atomic E-state index is 0.0355. The third kappa shape index (κ3) is 8.54. The van der Waals surface area contributed by atoms with E-state index in [-0.39, 0.29) is 19.6 Å². The average molecular weight is 194 g/mol. The van der Waals surface area contributed by atoms with E-state index < -0.39 is 12.5 Å². The number of rotatable bonds is 6. The zero-order chi connectivity index (χ0) is 10.1. The monoisotopic (exact) mass is 194 g/mol. The highest BCUT2D eigenvalue weighted by atomic mass is 19.1. The van der Waals surface area contributed by atoms with Crippen molar-refractivity contribution < 1.29 is 23.5 Å². The van der Waals surface area contributed by atoms with Crippen LogP contribution in [0.2, 0.25) is 0 Å². The summed E-state index contributed by atoms with van der Waals surface area (Å²) < 4.78 is 20.9. The standard InChI is InChI=1S/C6H11FN2O4/c1-5(7)12-2-3-13-6(11)9-8-4-10/h4-5H,2-3H2,1H3,(H,8,10)(H,9,11). The van der Waals surface area contributed by atoms with E-state index in [1.165, 1.54) is 6.92 Å². The third-order valence-corrected chi connectivity index (χ3v) is 0.897. The van der Waals surface area contributed by atoms with Crippen molar-refractivity contribution in [2.45, 2.75) is 13.3 Å². The molecule has 6 nitrogen and oxygen atoms in total. The van der Waals surface area contributed by atoms with Crippen molar-refractivity contribution >= 4 is 12.5 Å². The van der Waals surface area contributed by atoms with Crippen molar-refractivity contribution in [1.29, 1.82) is 0 Å². The Morgan fingerprint density at radius 1 is 1.62 bits per heavy atom. The molecule has 0 spiro atoms. The van der Waals surface area contributed by atoms with Crippen LogP contribution in [0.4, 0.5) is 9.18 Å². The van der Waals surface area contributed by atoms with Gasteiger partial charge in [0.2, 0.25) is 6.41 Å². The quantitative estimate of drug-likeness (QED) is 0.346. The van der Waals surface area contributed by atoms with Gasteiger partial charge < -0.3 is 9.47 Å². The predicted octanol–water partition coefficient (Wildman–Crippen LogP) is -0.294. The van der Waals surface area contributed by atoms with E-state index in [1.54, 1.807) is 0 Å². The first-order chi connectivity index (χ1) is 6.16. The highest BCUT2D eigenvalue weighted by Crippen LogP contribution is 1.89. The van der Waals surface area contributed by atoms with Crippen LogP contribution in [0.25, 0.3) is 0 Å². The SMILES string of the molecule is CC(F)OCCOC(=O)NNC=O. The Labute approximate surface area is 74.3 Å². The number of ether oxygens (including phenoxy) is 2. The molecule has 2 N–H and O–H groups in total. The minimum atomic E-state index is -1.39. The molecule has 0 bridgehead atoms. The van der Waals surface area contributed by atoms with Gasteiger partial charge in [-0.3, -0.25) is 10.2 Å². The fraction of sp³-hybridized carbons (Fsp3) is 0.667. The van der Waals surface area contributed by atoms with Gasteiger partial charge in [0.1, 0.15) is 6.61 Å². The van der Waals surface area contributed by atoms with Gasteiger partial charge in [0, 0.05) is 0 Å². The molecule has 0 rings (SSSR count). The summed E-state index contributed by atoms with van der Waals surface area (Å²) in [4.78, 5) is 20.2. The second kappa shape index (κ2) is 7.29. The maximum absolute atomic E-state index is 12.0. The average Bonchev–Trinajstić information content (AvgIpc) is 2.08. The molecule has 0 aliphatic carbocycles. The Hall–Kier alpha value is -1.37. The molecule has 1 atom stereocenters. The highest BCUT2D eigenvalue weighted by Gasteiger charge is 2.01. The van der Waals surface area contributed by atoms with Crippen LogP contribution in [0.5, 0.6) is 0 Å². The Morgan fingerprint density at radius 3 is 2.85 bits per heavy atom. The molecule has 0 aliphatic heterocycles. The molecular weight excluding hydrogens is 183 g/mol. The molecule has 13 heavy (non-hydrogen) atoms. The second-order valence-corrected chi connectivity index (χ2v) is 1.94. The van der Waals surface area contributed by atoms with E-state index in [9.17, 15) is 14.0 Å². The van der Waals surface area contributed by atoms with Crippen LogP contribution in [0, 0.1) is 0 Å². The van der Waals surface area contributed by atoms with E-state index in [2.05, 4.69) is 9.47 Å². The summed E-state index contributed by atoms with van der Waals surface area (Å²) in [7, 11) is 0. The molecule has 7 heteroatoms. The Balaban J connectivity index is 3.21. The lowest BCUT2D eigenvalue weighted by Crippen LogP contribution is -2.37. The number of hydrogen-bond acceptors (Lipinski definition) is 4. The fourth-order valence-corrected chi connectivity index (χ4v) is 0.469. The van der Waals surface area contributed by atoms with E-state index in [1.807, 2.05) is 10.9 Å². The summed E-state index contributed by atoms with van der Waals surface area (Å²) >= 11 is 0. The van der Waals surface area contributed by atoms with Crippen molar-refractivity contribution in [1.82, 2.24) is 10.9 Å². The van der Waals surface area contributed by atoms with Crippen LogP contribution >= 0.6 is 0 Å². The molecule has 0 aromatic carbocycles. The van der Waals surface area contributed by atoms with E-state index in [0.29, 0.717) is 0 Å². The molecule has 1 unspecified atom stereocenters. The lowest BCUT2D eigenvalue weighted by Gasteiger charge is -2.06. The summed E-state index contributed by atoms with van der Waals surface area (Å²) in [6.07, 6.45) is -1.94. The first-order valence-corrected chi connectivity index (χ1v) is 3.54. The maximum Gasteiger partial charge on any atom is 0.426 e. The third-order valence-electron chi connectivity index (χ3n) is 0.897. The first-order valence-electron chi connectivity index (χ1n) is 3.54. The van der Waals surface area contributed by atoms with E-state index in [0.717, 1.165) is 0 Å². The number of alkyl halides is 1. The lowest BCUT2D eigenvalue weighted by molar-refractivity contribution is -0.110. The van der Waals surface area contributed by atoms with Gasteiger partial charge in [-0.05, 0) is 6.92 Å². The van der Waals surface area contributed by atoms with E-state index >= 15 is 0 Å². The van der Waals surface area contributed by atoms with Gasteiger partial charge in [-0.2, -0.15) is 0 Å². The molecule has 2 amide bonds. The Morgan fingerprint density at radius 2 is 2.31 bits per heavy atom.